The highest BCUT2D eigenvalue weighted by Crippen LogP contribution is 2.31. The van der Waals surface area contributed by atoms with Crippen molar-refractivity contribution in [1.29, 1.82) is 0 Å². The summed E-state index contributed by atoms with van der Waals surface area (Å²) < 4.78 is 1.84. The molecule has 33 heavy (non-hydrogen) atoms. The van der Waals surface area contributed by atoms with Crippen molar-refractivity contribution in [3.8, 4) is 0 Å². The molecule has 0 radical (unpaired) electrons. The number of benzene rings is 2. The number of carbonyl (C=O) groups excluding carboxylic acids is 1. The van der Waals surface area contributed by atoms with E-state index in [4.69, 9.17) is 5.10 Å². The molecule has 0 bridgehead atoms. The molecule has 0 spiro atoms. The van der Waals surface area contributed by atoms with Crippen LogP contribution in [0.1, 0.15) is 61.1 Å². The van der Waals surface area contributed by atoms with Crippen LogP contribution in [0.5, 0.6) is 0 Å². The van der Waals surface area contributed by atoms with Crippen molar-refractivity contribution in [2.75, 3.05) is 18.4 Å². The van der Waals surface area contributed by atoms with E-state index in [0.717, 1.165) is 42.5 Å². The Hall–Kier alpha value is -3.45. The number of nitrogens with zero attached hydrogens (tertiary/aromatic N) is 2. The topological polar surface area (TPSA) is 91.3 Å². The maximum atomic E-state index is 13.0. The van der Waals surface area contributed by atoms with E-state index in [9.17, 15) is 9.59 Å². The number of anilines is 1. The Bertz CT molecular complexity index is 1390. The smallest absolute Gasteiger partial charge is 0.255 e. The van der Waals surface area contributed by atoms with E-state index in [1.807, 2.05) is 47.0 Å². The second kappa shape index (κ2) is 8.15. The van der Waals surface area contributed by atoms with Gasteiger partial charge in [0.2, 0.25) is 0 Å². The SMILES string of the molecule is CC(C)(C)c1ccc(C(=O)Nc2cccc3nn4c(C5CCNCC5)cc(=O)[nH]c4c23)cc1. The fourth-order valence-electron chi connectivity index (χ4n) is 4.62. The van der Waals surface area contributed by atoms with Crippen molar-refractivity contribution in [2.24, 2.45) is 0 Å². The molecule has 5 rings (SSSR count). The highest BCUT2D eigenvalue weighted by molar-refractivity contribution is 6.11. The van der Waals surface area contributed by atoms with Crippen molar-refractivity contribution < 1.29 is 4.79 Å². The van der Waals surface area contributed by atoms with Gasteiger partial charge in [-0.05, 0) is 61.2 Å². The Labute approximate surface area is 192 Å². The van der Waals surface area contributed by atoms with E-state index in [2.05, 4.69) is 36.4 Å². The Morgan fingerprint density at radius 1 is 1.09 bits per heavy atom. The van der Waals surface area contributed by atoms with Crippen LogP contribution in [-0.4, -0.2) is 33.6 Å². The molecule has 0 unspecified atom stereocenters. The first-order chi connectivity index (χ1) is 15.8. The molecule has 4 aromatic rings. The summed E-state index contributed by atoms with van der Waals surface area (Å²) in [7, 11) is 0. The van der Waals surface area contributed by atoms with Crippen LogP contribution in [-0.2, 0) is 5.41 Å². The summed E-state index contributed by atoms with van der Waals surface area (Å²) in [4.78, 5) is 28.5. The monoisotopic (exact) mass is 443 g/mol. The summed E-state index contributed by atoms with van der Waals surface area (Å²) in [6.45, 7) is 8.29. The van der Waals surface area contributed by atoms with E-state index in [0.29, 0.717) is 16.9 Å². The van der Waals surface area contributed by atoms with Gasteiger partial charge >= 0.3 is 0 Å². The zero-order chi connectivity index (χ0) is 23.2. The number of piperidine rings is 1. The maximum Gasteiger partial charge on any atom is 0.255 e. The van der Waals surface area contributed by atoms with Gasteiger partial charge in [0.1, 0.15) is 5.65 Å². The predicted molar refractivity (Wildman–Crippen MR) is 131 cm³/mol. The zero-order valence-electron chi connectivity index (χ0n) is 19.2. The van der Waals surface area contributed by atoms with Gasteiger partial charge < -0.3 is 15.6 Å². The van der Waals surface area contributed by atoms with Gasteiger partial charge in [0.15, 0.2) is 0 Å². The number of amides is 1. The number of fused-ring (bicyclic) bond motifs is 3. The van der Waals surface area contributed by atoms with Crippen molar-refractivity contribution in [3.63, 3.8) is 0 Å². The van der Waals surface area contributed by atoms with Gasteiger partial charge in [-0.3, -0.25) is 9.59 Å². The lowest BCUT2D eigenvalue weighted by atomic mass is 9.87. The Balaban J connectivity index is 1.55. The highest BCUT2D eigenvalue weighted by Gasteiger charge is 2.22. The van der Waals surface area contributed by atoms with Crippen LogP contribution in [0.15, 0.2) is 53.3 Å². The normalized spacial score (nSPS) is 15.2. The molecule has 2 aromatic carbocycles. The summed E-state index contributed by atoms with van der Waals surface area (Å²) in [6.07, 6.45) is 1.92. The number of nitrogens with one attached hydrogen (secondary N) is 3. The van der Waals surface area contributed by atoms with Crippen LogP contribution in [0.4, 0.5) is 5.69 Å². The highest BCUT2D eigenvalue weighted by atomic mass is 16.1. The third-order valence-corrected chi connectivity index (χ3v) is 6.48. The molecule has 0 saturated carbocycles. The molecule has 1 amide bonds. The molecule has 1 aliphatic rings. The van der Waals surface area contributed by atoms with E-state index < -0.39 is 0 Å². The molecule has 3 heterocycles. The first kappa shape index (κ1) is 21.4. The summed E-state index contributed by atoms with van der Waals surface area (Å²) in [5.41, 5.74) is 4.52. The molecule has 3 N–H and O–H groups in total. The van der Waals surface area contributed by atoms with Gasteiger partial charge in [-0.2, -0.15) is 5.10 Å². The Morgan fingerprint density at radius 3 is 2.52 bits per heavy atom. The number of rotatable bonds is 3. The molecule has 0 atom stereocenters. The van der Waals surface area contributed by atoms with Gasteiger partial charge in [-0.1, -0.05) is 39.0 Å². The number of carbonyl (C=O) groups is 1. The molecule has 7 heteroatoms. The summed E-state index contributed by atoms with van der Waals surface area (Å²) in [5.74, 6) is 0.0731. The lowest BCUT2D eigenvalue weighted by Gasteiger charge is -2.23. The maximum absolute atomic E-state index is 13.0. The Morgan fingerprint density at radius 2 is 1.82 bits per heavy atom. The van der Waals surface area contributed by atoms with Crippen LogP contribution < -0.4 is 16.2 Å². The summed E-state index contributed by atoms with van der Waals surface area (Å²) in [6, 6.07) is 15.0. The third-order valence-electron chi connectivity index (χ3n) is 6.48. The van der Waals surface area contributed by atoms with Gasteiger partial charge in [0.05, 0.1) is 22.3 Å². The first-order valence-electron chi connectivity index (χ1n) is 11.5. The van der Waals surface area contributed by atoms with Crippen LogP contribution in [0.2, 0.25) is 0 Å². The van der Waals surface area contributed by atoms with E-state index in [1.54, 1.807) is 6.07 Å². The molecule has 1 aliphatic heterocycles. The molecular weight excluding hydrogens is 414 g/mol. The molecule has 1 fully saturated rings. The molecule has 2 aromatic heterocycles. The minimum atomic E-state index is -0.195. The van der Waals surface area contributed by atoms with Crippen molar-refractivity contribution in [2.45, 2.75) is 44.9 Å². The number of hydrogen-bond acceptors (Lipinski definition) is 4. The van der Waals surface area contributed by atoms with Gasteiger partial charge in [-0.15, -0.1) is 0 Å². The summed E-state index contributed by atoms with van der Waals surface area (Å²) in [5, 5.41) is 11.9. The molecule has 170 valence electrons. The van der Waals surface area contributed by atoms with Crippen LogP contribution in [0.25, 0.3) is 16.6 Å². The average molecular weight is 444 g/mol. The largest absolute Gasteiger partial charge is 0.321 e. The number of aromatic amines is 1. The van der Waals surface area contributed by atoms with E-state index >= 15 is 0 Å². The van der Waals surface area contributed by atoms with Crippen LogP contribution in [0.3, 0.4) is 0 Å². The van der Waals surface area contributed by atoms with Gasteiger partial charge in [0, 0.05) is 17.5 Å². The number of hydrogen-bond donors (Lipinski definition) is 3. The van der Waals surface area contributed by atoms with Crippen molar-refractivity contribution >= 4 is 28.1 Å². The molecule has 0 aliphatic carbocycles. The van der Waals surface area contributed by atoms with E-state index in [1.165, 1.54) is 5.56 Å². The molecule has 1 saturated heterocycles. The Kier molecular flexibility index (Phi) is 5.29. The second-order valence-corrected chi connectivity index (χ2v) is 9.82. The van der Waals surface area contributed by atoms with E-state index in [-0.39, 0.29) is 22.8 Å². The summed E-state index contributed by atoms with van der Waals surface area (Å²) >= 11 is 0. The second-order valence-electron chi connectivity index (χ2n) is 9.82. The minimum absolute atomic E-state index is 0.0235. The zero-order valence-corrected chi connectivity index (χ0v) is 19.2. The van der Waals surface area contributed by atoms with Crippen molar-refractivity contribution in [1.82, 2.24) is 19.9 Å². The van der Waals surface area contributed by atoms with Crippen LogP contribution in [0, 0.1) is 0 Å². The fraction of sp³-hybridized carbons (Fsp3) is 0.346. The van der Waals surface area contributed by atoms with Gasteiger partial charge in [0.25, 0.3) is 11.5 Å². The molecule has 7 nitrogen and oxygen atoms in total. The lowest BCUT2D eigenvalue weighted by molar-refractivity contribution is 0.102. The first-order valence-corrected chi connectivity index (χ1v) is 11.5. The standard InChI is InChI=1S/C26H29N5O2/c1-26(2,3)18-9-7-17(8-10-18)25(33)28-19-5-4-6-20-23(19)24-29-22(32)15-21(31(24)30-20)16-11-13-27-14-12-16/h4-10,15-16,27H,11-14H2,1-3H3,(H,28,33)(H,29,32). The number of H-pyrrole nitrogens is 1. The third kappa shape index (κ3) is 4.04. The van der Waals surface area contributed by atoms with Crippen LogP contribution >= 0.6 is 0 Å². The fourth-order valence-corrected chi connectivity index (χ4v) is 4.62. The van der Waals surface area contributed by atoms with Gasteiger partial charge in [-0.25, -0.2) is 4.52 Å². The minimum Gasteiger partial charge on any atom is -0.321 e. The number of aromatic nitrogens is 3. The van der Waals surface area contributed by atoms with Crippen molar-refractivity contribution in [3.05, 3.63) is 75.7 Å². The predicted octanol–water partition coefficient (Wildman–Crippen LogP) is 4.19. The lowest BCUT2D eigenvalue weighted by Crippen LogP contribution is -2.28. The average Bonchev–Trinajstić information content (AvgIpc) is 3.18. The molecular formula is C26H29N5O2. The quantitative estimate of drug-likeness (QED) is 0.443.